The molecule has 2 fully saturated rings. The Morgan fingerprint density at radius 2 is 1.78 bits per heavy atom. The van der Waals surface area contributed by atoms with Crippen molar-refractivity contribution in [2.75, 3.05) is 6.54 Å². The van der Waals surface area contributed by atoms with E-state index < -0.39 is 0 Å². The minimum absolute atomic E-state index is 0.0197. The normalized spacial score (nSPS) is 34.6. The maximum absolute atomic E-state index is 12.5. The Bertz CT molecular complexity index is 295. The van der Waals surface area contributed by atoms with Gasteiger partial charge in [-0.25, -0.2) is 5.01 Å². The van der Waals surface area contributed by atoms with E-state index in [9.17, 15) is 4.79 Å². The van der Waals surface area contributed by atoms with Gasteiger partial charge in [-0.15, -0.1) is 0 Å². The molecule has 3 atom stereocenters. The van der Waals surface area contributed by atoms with E-state index >= 15 is 0 Å². The lowest BCUT2D eigenvalue weighted by Crippen LogP contribution is -2.56. The second-order valence-corrected chi connectivity index (χ2v) is 6.13. The van der Waals surface area contributed by atoms with Crippen LogP contribution in [0, 0.1) is 0 Å². The van der Waals surface area contributed by atoms with Gasteiger partial charge in [-0.3, -0.25) is 9.80 Å². The summed E-state index contributed by atoms with van der Waals surface area (Å²) in [6, 6.07) is 1.38. The van der Waals surface area contributed by atoms with Crippen LogP contribution in [-0.2, 0) is 4.79 Å². The molecule has 1 N–H and O–H groups in total. The van der Waals surface area contributed by atoms with Gasteiger partial charge >= 0.3 is 0 Å². The van der Waals surface area contributed by atoms with Crippen LogP contribution in [0.3, 0.4) is 0 Å². The zero-order chi connectivity index (χ0) is 13.3. The summed E-state index contributed by atoms with van der Waals surface area (Å²) in [4.78, 5) is 12.5. The second-order valence-electron chi connectivity index (χ2n) is 6.13. The van der Waals surface area contributed by atoms with Gasteiger partial charge < -0.3 is 5.32 Å². The molecule has 18 heavy (non-hydrogen) atoms. The van der Waals surface area contributed by atoms with Crippen molar-refractivity contribution in [1.82, 2.24) is 15.3 Å². The van der Waals surface area contributed by atoms with Gasteiger partial charge in [0.05, 0.1) is 6.04 Å². The molecule has 0 aromatic heterocycles. The molecule has 2 saturated heterocycles. The van der Waals surface area contributed by atoms with Crippen LogP contribution in [0.5, 0.6) is 0 Å². The smallest absolute Gasteiger partial charge is 0.254 e. The molecule has 0 saturated carbocycles. The van der Waals surface area contributed by atoms with E-state index in [1.165, 1.54) is 19.3 Å². The average Bonchev–Trinajstić information content (AvgIpc) is 2.61. The third-order valence-corrected chi connectivity index (χ3v) is 4.14. The number of hydrogen-bond donors (Lipinski definition) is 1. The molecular formula is C14H27N3O. The van der Waals surface area contributed by atoms with Crippen molar-refractivity contribution in [3.8, 4) is 0 Å². The quantitative estimate of drug-likeness (QED) is 0.832. The highest BCUT2D eigenvalue weighted by atomic mass is 16.2. The van der Waals surface area contributed by atoms with Crippen molar-refractivity contribution in [1.29, 1.82) is 0 Å². The maximum Gasteiger partial charge on any atom is 0.254 e. The molecule has 3 unspecified atom stereocenters. The third-order valence-electron chi connectivity index (χ3n) is 4.14. The van der Waals surface area contributed by atoms with E-state index in [2.05, 4.69) is 38.0 Å². The monoisotopic (exact) mass is 253 g/mol. The molecule has 0 radical (unpaired) electrons. The summed E-state index contributed by atoms with van der Waals surface area (Å²) in [6.45, 7) is 9.56. The lowest BCUT2D eigenvalue weighted by Gasteiger charge is -2.44. The highest BCUT2D eigenvalue weighted by Gasteiger charge is 2.39. The Morgan fingerprint density at radius 3 is 2.33 bits per heavy atom. The molecule has 0 bridgehead atoms. The predicted molar refractivity (Wildman–Crippen MR) is 73.0 cm³/mol. The van der Waals surface area contributed by atoms with E-state index in [0.717, 1.165) is 13.0 Å². The number of amides is 1. The summed E-state index contributed by atoms with van der Waals surface area (Å²) in [5, 5.41) is 7.71. The number of piperidine rings is 1. The Labute approximate surface area is 111 Å². The predicted octanol–water partition coefficient (Wildman–Crippen LogP) is 1.76. The Balaban J connectivity index is 2.03. The van der Waals surface area contributed by atoms with E-state index in [1.807, 2.05) is 5.01 Å². The van der Waals surface area contributed by atoms with Gasteiger partial charge in [0, 0.05) is 24.7 Å². The molecule has 2 heterocycles. The molecule has 104 valence electrons. The number of carbonyl (C=O) groups is 1. The fourth-order valence-corrected chi connectivity index (χ4v) is 3.33. The Morgan fingerprint density at radius 1 is 1.17 bits per heavy atom. The van der Waals surface area contributed by atoms with Gasteiger partial charge in [0.2, 0.25) is 0 Å². The fraction of sp³-hybridized carbons (Fsp3) is 0.929. The standard InChI is InChI=1S/C14H27N3O/c1-10(2)15-13-8-9-16(14(13)18)17-11(3)6-5-7-12(17)4/h10-13,15H,5-9H2,1-4H3. The summed E-state index contributed by atoms with van der Waals surface area (Å²) >= 11 is 0. The number of rotatable bonds is 3. The fourth-order valence-electron chi connectivity index (χ4n) is 3.33. The van der Waals surface area contributed by atoms with Crippen LogP contribution in [0.25, 0.3) is 0 Å². The number of hydrogen-bond acceptors (Lipinski definition) is 3. The van der Waals surface area contributed by atoms with Crippen LogP contribution < -0.4 is 5.32 Å². The first-order valence-corrected chi connectivity index (χ1v) is 7.36. The van der Waals surface area contributed by atoms with Crippen LogP contribution in [0.4, 0.5) is 0 Å². The van der Waals surface area contributed by atoms with E-state index in [1.54, 1.807) is 0 Å². The SMILES string of the molecule is CC(C)NC1CCN(N2C(C)CCCC2C)C1=O. The Kier molecular flexibility index (Phi) is 4.28. The van der Waals surface area contributed by atoms with Crippen molar-refractivity contribution >= 4 is 5.91 Å². The van der Waals surface area contributed by atoms with Crippen LogP contribution in [0.15, 0.2) is 0 Å². The molecule has 0 aromatic rings. The zero-order valence-electron chi connectivity index (χ0n) is 12.1. The molecule has 4 heteroatoms. The highest BCUT2D eigenvalue weighted by molar-refractivity contribution is 5.83. The van der Waals surface area contributed by atoms with Crippen molar-refractivity contribution in [3.05, 3.63) is 0 Å². The van der Waals surface area contributed by atoms with Crippen molar-refractivity contribution in [2.24, 2.45) is 0 Å². The average molecular weight is 253 g/mol. The molecule has 2 rings (SSSR count). The minimum atomic E-state index is 0.0197. The summed E-state index contributed by atoms with van der Waals surface area (Å²) in [6.07, 6.45) is 4.63. The first-order chi connectivity index (χ1) is 8.50. The van der Waals surface area contributed by atoms with Gasteiger partial charge in [-0.1, -0.05) is 20.3 Å². The van der Waals surface area contributed by atoms with Crippen molar-refractivity contribution < 1.29 is 4.79 Å². The largest absolute Gasteiger partial charge is 0.304 e. The number of carbonyl (C=O) groups excluding carboxylic acids is 1. The summed E-state index contributed by atoms with van der Waals surface area (Å²) < 4.78 is 0. The maximum atomic E-state index is 12.5. The van der Waals surface area contributed by atoms with Crippen molar-refractivity contribution in [2.45, 2.75) is 77.5 Å². The molecule has 0 aliphatic carbocycles. The summed E-state index contributed by atoms with van der Waals surface area (Å²) in [7, 11) is 0. The molecule has 1 amide bonds. The van der Waals surface area contributed by atoms with Crippen LogP contribution >= 0.6 is 0 Å². The molecule has 0 spiro atoms. The van der Waals surface area contributed by atoms with Crippen LogP contribution in [0.1, 0.15) is 53.4 Å². The van der Waals surface area contributed by atoms with Gasteiger partial charge in [0.1, 0.15) is 0 Å². The molecule has 4 nitrogen and oxygen atoms in total. The van der Waals surface area contributed by atoms with Crippen LogP contribution in [-0.4, -0.2) is 46.6 Å². The minimum Gasteiger partial charge on any atom is -0.304 e. The van der Waals surface area contributed by atoms with E-state index in [4.69, 9.17) is 0 Å². The lowest BCUT2D eigenvalue weighted by molar-refractivity contribution is -0.157. The first-order valence-electron chi connectivity index (χ1n) is 7.36. The van der Waals surface area contributed by atoms with Gasteiger partial charge in [0.25, 0.3) is 5.91 Å². The molecular weight excluding hydrogens is 226 g/mol. The molecule has 2 aliphatic rings. The number of nitrogens with one attached hydrogen (secondary N) is 1. The Hall–Kier alpha value is -0.610. The van der Waals surface area contributed by atoms with Gasteiger partial charge in [0.15, 0.2) is 0 Å². The van der Waals surface area contributed by atoms with E-state index in [0.29, 0.717) is 18.1 Å². The summed E-state index contributed by atoms with van der Waals surface area (Å²) in [5.74, 6) is 0.268. The zero-order valence-corrected chi connectivity index (χ0v) is 12.1. The van der Waals surface area contributed by atoms with Gasteiger partial charge in [-0.05, 0) is 33.1 Å². The highest BCUT2D eigenvalue weighted by Crippen LogP contribution is 2.27. The second kappa shape index (κ2) is 5.57. The van der Waals surface area contributed by atoms with Crippen LogP contribution in [0.2, 0.25) is 0 Å². The number of nitrogens with zero attached hydrogens (tertiary/aromatic N) is 2. The lowest BCUT2D eigenvalue weighted by atomic mass is 9.99. The molecule has 0 aromatic carbocycles. The molecule has 2 aliphatic heterocycles. The third kappa shape index (κ3) is 2.69. The van der Waals surface area contributed by atoms with Crippen molar-refractivity contribution in [3.63, 3.8) is 0 Å². The first kappa shape index (κ1) is 13.8. The van der Waals surface area contributed by atoms with Gasteiger partial charge in [-0.2, -0.15) is 0 Å². The van der Waals surface area contributed by atoms with E-state index in [-0.39, 0.29) is 11.9 Å². The topological polar surface area (TPSA) is 35.6 Å². The number of hydrazine groups is 1. The summed E-state index contributed by atoms with van der Waals surface area (Å²) in [5.41, 5.74) is 0.